The van der Waals surface area contributed by atoms with Crippen molar-refractivity contribution in [3.05, 3.63) is 30.0 Å². The van der Waals surface area contributed by atoms with Crippen molar-refractivity contribution in [3.63, 3.8) is 0 Å². The number of aliphatic hydroxyl groups excluding tert-OH is 1. The maximum Gasteiger partial charge on any atom is 0.267 e. The molecule has 0 radical (unpaired) electrons. The number of carbonyl (C=O) groups is 1. The highest BCUT2D eigenvalue weighted by Crippen LogP contribution is 2.18. The lowest BCUT2D eigenvalue weighted by Gasteiger charge is -2.03. The molecule has 0 aliphatic carbocycles. The minimum Gasteiger partial charge on any atom is -0.399 e. The van der Waals surface area contributed by atoms with E-state index in [0.29, 0.717) is 17.9 Å². The van der Waals surface area contributed by atoms with E-state index in [4.69, 9.17) is 10.8 Å². The standard InChI is InChI=1S/C14H19N3O2S/c15-11-2-3-12-10(8-11)9-13(17-12)14(19)16-4-7-20-6-1-5-18/h2-3,8-9,17-18H,1,4-7,15H2,(H,16,19). The molecule has 0 bridgehead atoms. The van der Waals surface area contributed by atoms with Gasteiger partial charge in [0.15, 0.2) is 0 Å². The van der Waals surface area contributed by atoms with Crippen LogP contribution in [0.25, 0.3) is 10.9 Å². The zero-order chi connectivity index (χ0) is 14.4. The zero-order valence-corrected chi connectivity index (χ0v) is 12.0. The first-order valence-electron chi connectivity index (χ1n) is 6.56. The van der Waals surface area contributed by atoms with Crippen LogP contribution in [0.3, 0.4) is 0 Å². The molecule has 0 spiro atoms. The predicted octanol–water partition coefficient (Wildman–Crippen LogP) is 1.60. The quantitative estimate of drug-likeness (QED) is 0.461. The molecule has 0 aliphatic rings. The van der Waals surface area contributed by atoms with Gasteiger partial charge in [0.2, 0.25) is 0 Å². The van der Waals surface area contributed by atoms with E-state index < -0.39 is 0 Å². The maximum atomic E-state index is 12.0. The zero-order valence-electron chi connectivity index (χ0n) is 11.2. The summed E-state index contributed by atoms with van der Waals surface area (Å²) in [6, 6.07) is 7.32. The van der Waals surface area contributed by atoms with E-state index in [9.17, 15) is 4.79 Å². The average molecular weight is 293 g/mol. The molecule has 108 valence electrons. The van der Waals surface area contributed by atoms with Crippen LogP contribution >= 0.6 is 11.8 Å². The number of aromatic nitrogens is 1. The molecule has 0 saturated heterocycles. The van der Waals surface area contributed by atoms with Gasteiger partial charge in [-0.3, -0.25) is 4.79 Å². The third kappa shape index (κ3) is 3.91. The van der Waals surface area contributed by atoms with Crippen molar-refractivity contribution < 1.29 is 9.90 Å². The normalized spacial score (nSPS) is 10.8. The molecule has 0 fully saturated rings. The molecule has 1 aromatic heterocycles. The van der Waals surface area contributed by atoms with Crippen LogP contribution < -0.4 is 11.1 Å². The van der Waals surface area contributed by atoms with E-state index in [1.807, 2.05) is 12.1 Å². The molecule has 0 unspecified atom stereocenters. The molecule has 2 rings (SSSR count). The number of hydrogen-bond donors (Lipinski definition) is 4. The van der Waals surface area contributed by atoms with E-state index in [2.05, 4.69) is 10.3 Å². The fourth-order valence-electron chi connectivity index (χ4n) is 1.87. The topological polar surface area (TPSA) is 91.1 Å². The van der Waals surface area contributed by atoms with Crippen LogP contribution in [0.2, 0.25) is 0 Å². The SMILES string of the molecule is Nc1ccc2[nH]c(C(=O)NCCSCCCO)cc2c1. The van der Waals surface area contributed by atoms with E-state index in [-0.39, 0.29) is 12.5 Å². The van der Waals surface area contributed by atoms with Gasteiger partial charge in [0.05, 0.1) is 0 Å². The number of aliphatic hydroxyl groups is 1. The van der Waals surface area contributed by atoms with Gasteiger partial charge in [0.25, 0.3) is 5.91 Å². The largest absolute Gasteiger partial charge is 0.399 e. The molecule has 2 aromatic rings. The number of benzene rings is 1. The molecule has 0 saturated carbocycles. The molecule has 1 amide bonds. The number of hydrogen-bond acceptors (Lipinski definition) is 4. The summed E-state index contributed by atoms with van der Waals surface area (Å²) in [5, 5.41) is 12.5. The first kappa shape index (κ1) is 14.7. The van der Waals surface area contributed by atoms with E-state index in [1.165, 1.54) is 0 Å². The van der Waals surface area contributed by atoms with Gasteiger partial charge in [0.1, 0.15) is 5.69 Å². The van der Waals surface area contributed by atoms with Crippen LogP contribution in [0.4, 0.5) is 5.69 Å². The number of carbonyl (C=O) groups excluding carboxylic acids is 1. The lowest BCUT2D eigenvalue weighted by Crippen LogP contribution is -2.26. The summed E-state index contributed by atoms with van der Waals surface area (Å²) >= 11 is 1.72. The smallest absolute Gasteiger partial charge is 0.267 e. The van der Waals surface area contributed by atoms with E-state index in [1.54, 1.807) is 23.9 Å². The Bertz CT molecular complexity index is 583. The Labute approximate surface area is 121 Å². The highest BCUT2D eigenvalue weighted by Gasteiger charge is 2.08. The van der Waals surface area contributed by atoms with E-state index >= 15 is 0 Å². The number of rotatable bonds is 7. The van der Waals surface area contributed by atoms with Crippen molar-refractivity contribution >= 4 is 34.3 Å². The molecule has 0 atom stereocenters. The Kier molecular flexibility index (Phi) is 5.31. The third-order valence-corrected chi connectivity index (χ3v) is 3.94. The Morgan fingerprint density at radius 2 is 2.20 bits per heavy atom. The van der Waals surface area contributed by atoms with Crippen LogP contribution in [0.15, 0.2) is 24.3 Å². The second-order valence-electron chi connectivity index (χ2n) is 4.48. The molecular formula is C14H19N3O2S. The number of nitrogen functional groups attached to an aromatic ring is 1. The summed E-state index contributed by atoms with van der Waals surface area (Å²) in [7, 11) is 0. The average Bonchev–Trinajstić information content (AvgIpc) is 2.85. The molecular weight excluding hydrogens is 274 g/mol. The van der Waals surface area contributed by atoms with E-state index in [0.717, 1.165) is 28.8 Å². The van der Waals surface area contributed by atoms with Gasteiger partial charge in [0, 0.05) is 35.5 Å². The van der Waals surface area contributed by atoms with Crippen molar-refractivity contribution in [1.82, 2.24) is 10.3 Å². The van der Waals surface area contributed by atoms with Gasteiger partial charge in [-0.15, -0.1) is 0 Å². The van der Waals surface area contributed by atoms with Crippen LogP contribution in [0, 0.1) is 0 Å². The Morgan fingerprint density at radius 1 is 1.35 bits per heavy atom. The number of aromatic amines is 1. The lowest BCUT2D eigenvalue weighted by atomic mass is 10.2. The number of nitrogens with two attached hydrogens (primary N) is 1. The first-order chi connectivity index (χ1) is 9.70. The van der Waals surface area contributed by atoms with Crippen molar-refractivity contribution in [2.24, 2.45) is 0 Å². The predicted molar refractivity (Wildman–Crippen MR) is 84.1 cm³/mol. The van der Waals surface area contributed by atoms with Gasteiger partial charge < -0.3 is 21.1 Å². The van der Waals surface area contributed by atoms with Crippen LogP contribution in [-0.4, -0.2) is 40.7 Å². The van der Waals surface area contributed by atoms with Gasteiger partial charge in [-0.05, 0) is 36.4 Å². The fourth-order valence-corrected chi connectivity index (χ4v) is 2.66. The number of nitrogens with one attached hydrogen (secondary N) is 2. The minimum atomic E-state index is -0.109. The highest BCUT2D eigenvalue weighted by molar-refractivity contribution is 7.99. The number of amides is 1. The molecule has 6 heteroatoms. The van der Waals surface area contributed by atoms with Crippen molar-refractivity contribution in [1.29, 1.82) is 0 Å². The number of H-pyrrole nitrogens is 1. The van der Waals surface area contributed by atoms with Crippen LogP contribution in [0.5, 0.6) is 0 Å². The Hall–Kier alpha value is -1.66. The maximum absolute atomic E-state index is 12.0. The summed E-state index contributed by atoms with van der Waals surface area (Å²) in [6.07, 6.45) is 0.794. The molecule has 1 aromatic carbocycles. The summed E-state index contributed by atoms with van der Waals surface area (Å²) in [4.78, 5) is 15.0. The first-order valence-corrected chi connectivity index (χ1v) is 7.71. The minimum absolute atomic E-state index is 0.109. The monoisotopic (exact) mass is 293 g/mol. The summed E-state index contributed by atoms with van der Waals surface area (Å²) in [6.45, 7) is 0.837. The fraction of sp³-hybridized carbons (Fsp3) is 0.357. The van der Waals surface area contributed by atoms with Gasteiger partial charge >= 0.3 is 0 Å². The molecule has 20 heavy (non-hydrogen) atoms. The van der Waals surface area contributed by atoms with Crippen molar-refractivity contribution in [2.75, 3.05) is 30.4 Å². The summed E-state index contributed by atoms with van der Waals surface area (Å²) in [5.41, 5.74) is 7.85. The second-order valence-corrected chi connectivity index (χ2v) is 5.70. The molecule has 0 aliphatic heterocycles. The highest BCUT2D eigenvalue weighted by atomic mass is 32.2. The van der Waals surface area contributed by atoms with Crippen molar-refractivity contribution in [3.8, 4) is 0 Å². The molecule has 1 heterocycles. The molecule has 5 nitrogen and oxygen atoms in total. The molecule has 5 N–H and O–H groups in total. The summed E-state index contributed by atoms with van der Waals surface area (Å²) < 4.78 is 0. The lowest BCUT2D eigenvalue weighted by molar-refractivity contribution is 0.0952. The number of fused-ring (bicyclic) bond motifs is 1. The number of thioether (sulfide) groups is 1. The third-order valence-electron chi connectivity index (χ3n) is 2.87. The van der Waals surface area contributed by atoms with Crippen molar-refractivity contribution in [2.45, 2.75) is 6.42 Å². The van der Waals surface area contributed by atoms with Crippen LogP contribution in [0.1, 0.15) is 16.9 Å². The second kappa shape index (κ2) is 7.21. The Balaban J connectivity index is 1.85. The Morgan fingerprint density at radius 3 is 3.00 bits per heavy atom. The number of anilines is 1. The van der Waals surface area contributed by atoms with Gasteiger partial charge in [-0.2, -0.15) is 11.8 Å². The van der Waals surface area contributed by atoms with Crippen LogP contribution in [-0.2, 0) is 0 Å². The van der Waals surface area contributed by atoms with Gasteiger partial charge in [-0.25, -0.2) is 0 Å². The van der Waals surface area contributed by atoms with Gasteiger partial charge in [-0.1, -0.05) is 0 Å². The summed E-state index contributed by atoms with van der Waals surface area (Å²) in [5.74, 6) is 1.65.